The Morgan fingerprint density at radius 1 is 1.33 bits per heavy atom. The van der Waals surface area contributed by atoms with Crippen molar-refractivity contribution in [1.82, 2.24) is 15.1 Å². The first-order valence-electron chi connectivity index (χ1n) is 7.63. The van der Waals surface area contributed by atoms with Crippen molar-refractivity contribution in [2.24, 2.45) is 0 Å². The van der Waals surface area contributed by atoms with Crippen LogP contribution < -0.4 is 10.6 Å². The number of benzene rings is 1. The van der Waals surface area contributed by atoms with E-state index in [0.29, 0.717) is 23.4 Å². The van der Waals surface area contributed by atoms with Gasteiger partial charge in [0, 0.05) is 22.7 Å². The normalized spacial score (nSPS) is 13.4. The molecule has 0 atom stereocenters. The summed E-state index contributed by atoms with van der Waals surface area (Å²) in [6.07, 6.45) is 2.27. The Hall–Kier alpha value is -1.60. The van der Waals surface area contributed by atoms with E-state index in [1.165, 1.54) is 0 Å². The molecule has 0 saturated heterocycles. The fourth-order valence-electron chi connectivity index (χ4n) is 2.26. The summed E-state index contributed by atoms with van der Waals surface area (Å²) in [7, 11) is 0. The van der Waals surface area contributed by atoms with Crippen molar-refractivity contribution < 1.29 is 9.90 Å². The minimum Gasteiger partial charge on any atom is -0.394 e. The van der Waals surface area contributed by atoms with Gasteiger partial charge in [0.2, 0.25) is 5.91 Å². The Labute approximate surface area is 151 Å². The third kappa shape index (κ3) is 4.95. The molecule has 3 N–H and O–H groups in total. The maximum Gasteiger partial charge on any atom is 0.239 e. The molecule has 1 amide bonds. The molecule has 3 rings (SSSR count). The van der Waals surface area contributed by atoms with Crippen molar-refractivity contribution in [3.8, 4) is 11.3 Å². The van der Waals surface area contributed by atoms with Crippen molar-refractivity contribution >= 4 is 35.7 Å². The average molecular weight is 371 g/mol. The molecule has 1 saturated carbocycles. The molecule has 2 aromatic rings. The number of hydrogen-bond donors (Lipinski definition) is 3. The monoisotopic (exact) mass is 370 g/mol. The molecule has 0 spiro atoms. The Morgan fingerprint density at radius 3 is 2.67 bits per heavy atom. The number of aliphatic hydroxyl groups excluding tert-OH is 1. The van der Waals surface area contributed by atoms with Gasteiger partial charge in [0.05, 0.1) is 25.4 Å². The summed E-state index contributed by atoms with van der Waals surface area (Å²) in [5.41, 5.74) is 1.62. The third-order valence-electron chi connectivity index (χ3n) is 3.63. The van der Waals surface area contributed by atoms with Crippen LogP contribution in [0, 0.1) is 0 Å². The molecule has 1 aliphatic carbocycles. The molecule has 24 heavy (non-hydrogen) atoms. The summed E-state index contributed by atoms with van der Waals surface area (Å²) >= 11 is 5.90. The SMILES string of the molecule is Cl.O=C(CNC1CC1)Nc1cc(-c2ccc(Cl)cc2)nn1CCO. The van der Waals surface area contributed by atoms with Crippen LogP contribution >= 0.6 is 24.0 Å². The first-order valence-corrected chi connectivity index (χ1v) is 8.01. The van der Waals surface area contributed by atoms with E-state index < -0.39 is 0 Å². The van der Waals surface area contributed by atoms with Crippen molar-refractivity contribution in [3.05, 3.63) is 35.4 Å². The molecule has 0 unspecified atom stereocenters. The molecule has 6 nitrogen and oxygen atoms in total. The second-order valence-electron chi connectivity index (χ2n) is 5.57. The van der Waals surface area contributed by atoms with E-state index in [-0.39, 0.29) is 31.5 Å². The van der Waals surface area contributed by atoms with Crippen LogP contribution in [-0.2, 0) is 11.3 Å². The summed E-state index contributed by atoms with van der Waals surface area (Å²) < 4.78 is 1.60. The smallest absolute Gasteiger partial charge is 0.239 e. The van der Waals surface area contributed by atoms with Crippen molar-refractivity contribution in [2.75, 3.05) is 18.5 Å². The number of halogens is 2. The topological polar surface area (TPSA) is 79.2 Å². The number of nitrogens with zero attached hydrogens (tertiary/aromatic N) is 2. The number of rotatable bonds is 7. The van der Waals surface area contributed by atoms with Gasteiger partial charge in [-0.2, -0.15) is 5.10 Å². The number of aromatic nitrogens is 2. The first-order chi connectivity index (χ1) is 11.2. The number of anilines is 1. The number of nitrogens with one attached hydrogen (secondary N) is 2. The van der Waals surface area contributed by atoms with Crippen molar-refractivity contribution in [2.45, 2.75) is 25.4 Å². The van der Waals surface area contributed by atoms with Gasteiger partial charge in [0.15, 0.2) is 0 Å². The maximum atomic E-state index is 12.0. The number of amides is 1. The molecule has 1 heterocycles. The maximum absolute atomic E-state index is 12.0. The van der Waals surface area contributed by atoms with Crippen LogP contribution in [0.25, 0.3) is 11.3 Å². The van der Waals surface area contributed by atoms with Gasteiger partial charge in [-0.1, -0.05) is 23.7 Å². The molecule has 0 aliphatic heterocycles. The molecule has 1 aromatic carbocycles. The predicted octanol–water partition coefficient (Wildman–Crippen LogP) is 2.31. The van der Waals surface area contributed by atoms with Crippen LogP contribution in [0.2, 0.25) is 5.02 Å². The van der Waals surface area contributed by atoms with Gasteiger partial charge in [-0.05, 0) is 25.0 Å². The molecule has 1 fully saturated rings. The van der Waals surface area contributed by atoms with Crippen LogP contribution in [0.15, 0.2) is 30.3 Å². The van der Waals surface area contributed by atoms with Gasteiger partial charge in [0.25, 0.3) is 0 Å². The highest BCUT2D eigenvalue weighted by Gasteiger charge is 2.21. The molecular formula is C16H20Cl2N4O2. The predicted molar refractivity (Wildman–Crippen MR) is 96.7 cm³/mol. The lowest BCUT2D eigenvalue weighted by atomic mass is 10.1. The lowest BCUT2D eigenvalue weighted by Gasteiger charge is -2.07. The van der Waals surface area contributed by atoms with E-state index in [4.69, 9.17) is 11.6 Å². The molecule has 8 heteroatoms. The van der Waals surface area contributed by atoms with E-state index in [0.717, 1.165) is 24.1 Å². The highest BCUT2D eigenvalue weighted by atomic mass is 35.5. The van der Waals surface area contributed by atoms with Gasteiger partial charge in [-0.15, -0.1) is 12.4 Å². The second kappa shape index (κ2) is 8.48. The fraction of sp³-hybridized carbons (Fsp3) is 0.375. The number of aliphatic hydroxyl groups is 1. The Kier molecular flexibility index (Phi) is 6.62. The van der Waals surface area contributed by atoms with E-state index in [1.807, 2.05) is 12.1 Å². The highest BCUT2D eigenvalue weighted by Crippen LogP contribution is 2.23. The third-order valence-corrected chi connectivity index (χ3v) is 3.88. The Balaban J connectivity index is 0.00000208. The zero-order valence-corrected chi connectivity index (χ0v) is 14.6. The van der Waals surface area contributed by atoms with Crippen LogP contribution in [0.1, 0.15) is 12.8 Å². The minimum absolute atomic E-state index is 0. The van der Waals surface area contributed by atoms with E-state index >= 15 is 0 Å². The minimum atomic E-state index is -0.112. The number of carbonyl (C=O) groups excluding carboxylic acids is 1. The molecule has 0 bridgehead atoms. The van der Waals surface area contributed by atoms with Gasteiger partial charge in [-0.25, -0.2) is 4.68 Å². The zero-order chi connectivity index (χ0) is 16.2. The quantitative estimate of drug-likeness (QED) is 0.698. The van der Waals surface area contributed by atoms with Crippen LogP contribution in [-0.4, -0.2) is 40.0 Å². The summed E-state index contributed by atoms with van der Waals surface area (Å²) in [4.78, 5) is 12.0. The van der Waals surface area contributed by atoms with Crippen LogP contribution in [0.4, 0.5) is 5.82 Å². The van der Waals surface area contributed by atoms with Gasteiger partial charge in [0.1, 0.15) is 5.82 Å². The summed E-state index contributed by atoms with van der Waals surface area (Å²) in [6, 6.07) is 9.60. The van der Waals surface area contributed by atoms with Gasteiger partial charge >= 0.3 is 0 Å². The fourth-order valence-corrected chi connectivity index (χ4v) is 2.38. The Bertz CT molecular complexity index is 684. The standard InChI is InChI=1S/C16H19ClN4O2.ClH/c17-12-3-1-11(2-4-12)14-9-15(21(20-14)7-8-22)19-16(23)10-18-13-5-6-13;/h1-4,9,13,18,22H,5-8,10H2,(H,19,23);1H. The lowest BCUT2D eigenvalue weighted by Crippen LogP contribution is -2.30. The molecule has 1 aliphatic rings. The molecule has 130 valence electrons. The highest BCUT2D eigenvalue weighted by molar-refractivity contribution is 6.30. The molecule has 0 radical (unpaired) electrons. The number of carbonyl (C=O) groups is 1. The zero-order valence-electron chi connectivity index (χ0n) is 13.0. The van der Waals surface area contributed by atoms with Crippen molar-refractivity contribution in [1.29, 1.82) is 0 Å². The number of hydrogen-bond acceptors (Lipinski definition) is 4. The molecule has 1 aromatic heterocycles. The summed E-state index contributed by atoms with van der Waals surface area (Å²) in [6.45, 7) is 0.551. The van der Waals surface area contributed by atoms with Gasteiger partial charge in [-0.3, -0.25) is 4.79 Å². The van der Waals surface area contributed by atoms with E-state index in [2.05, 4.69) is 15.7 Å². The van der Waals surface area contributed by atoms with E-state index in [1.54, 1.807) is 22.9 Å². The lowest BCUT2D eigenvalue weighted by molar-refractivity contribution is -0.115. The van der Waals surface area contributed by atoms with Crippen LogP contribution in [0.3, 0.4) is 0 Å². The first kappa shape index (κ1) is 18.7. The average Bonchev–Trinajstić information content (AvgIpc) is 3.29. The van der Waals surface area contributed by atoms with Crippen molar-refractivity contribution in [3.63, 3.8) is 0 Å². The van der Waals surface area contributed by atoms with Gasteiger partial charge < -0.3 is 15.7 Å². The Morgan fingerprint density at radius 2 is 2.04 bits per heavy atom. The summed E-state index contributed by atoms with van der Waals surface area (Å²) in [5.74, 6) is 0.463. The molecular weight excluding hydrogens is 351 g/mol. The van der Waals surface area contributed by atoms with Crippen LogP contribution in [0.5, 0.6) is 0 Å². The van der Waals surface area contributed by atoms with E-state index in [9.17, 15) is 9.90 Å². The second-order valence-corrected chi connectivity index (χ2v) is 6.01. The summed E-state index contributed by atoms with van der Waals surface area (Å²) in [5, 5.41) is 20.3. The largest absolute Gasteiger partial charge is 0.394 e.